The Hall–Kier alpha value is -1.14. The lowest BCUT2D eigenvalue weighted by molar-refractivity contribution is -0.384. The lowest BCUT2D eigenvalue weighted by Gasteiger charge is -2.33. The van der Waals surface area contributed by atoms with E-state index in [1.165, 1.54) is 12.5 Å². The Morgan fingerprint density at radius 2 is 2.37 bits per heavy atom. The van der Waals surface area contributed by atoms with E-state index in [-0.39, 0.29) is 10.6 Å². The molecule has 1 aliphatic rings. The molecule has 0 aromatic heterocycles. The van der Waals surface area contributed by atoms with E-state index < -0.39 is 0 Å². The van der Waals surface area contributed by atoms with E-state index in [0.29, 0.717) is 6.04 Å². The number of hydrogen-bond donors (Lipinski definition) is 1. The predicted molar refractivity (Wildman–Crippen MR) is 79.6 cm³/mol. The molecule has 19 heavy (non-hydrogen) atoms. The fourth-order valence-corrected chi connectivity index (χ4v) is 2.90. The van der Waals surface area contributed by atoms with Crippen LogP contribution in [0.25, 0.3) is 0 Å². The van der Waals surface area contributed by atoms with Crippen LogP contribution in [0.4, 0.5) is 11.4 Å². The second-order valence-electron chi connectivity index (χ2n) is 4.80. The van der Waals surface area contributed by atoms with E-state index in [1.807, 2.05) is 0 Å². The molecule has 1 atom stereocenters. The van der Waals surface area contributed by atoms with Gasteiger partial charge in [0.15, 0.2) is 0 Å². The lowest BCUT2D eigenvalue weighted by Crippen LogP contribution is -2.41. The quantitative estimate of drug-likeness (QED) is 0.681. The van der Waals surface area contributed by atoms with Crippen LogP contribution in [0, 0.1) is 10.1 Å². The Bertz CT molecular complexity index is 467. The standard InChI is InChI=1S/C13H18BrN3O2/c1-2-16-7-3-4-10(9-16)15-13-6-5-11(17(18)19)8-12(13)14/h5-6,8,10,15H,2-4,7,9H2,1H3. The van der Waals surface area contributed by atoms with Gasteiger partial charge in [0.05, 0.1) is 4.92 Å². The monoisotopic (exact) mass is 327 g/mol. The number of non-ortho nitro benzene ring substituents is 1. The molecule has 1 saturated heterocycles. The van der Waals surface area contributed by atoms with Gasteiger partial charge in [0.1, 0.15) is 0 Å². The molecular weight excluding hydrogens is 310 g/mol. The van der Waals surface area contributed by atoms with Crippen LogP contribution in [0.3, 0.4) is 0 Å². The van der Waals surface area contributed by atoms with Crippen molar-refractivity contribution >= 4 is 27.3 Å². The van der Waals surface area contributed by atoms with Gasteiger partial charge in [-0.1, -0.05) is 6.92 Å². The summed E-state index contributed by atoms with van der Waals surface area (Å²) in [5.74, 6) is 0. The Labute approximate surface area is 121 Å². The number of halogens is 1. The number of nitro groups is 1. The van der Waals surface area contributed by atoms with Crippen LogP contribution in [0.15, 0.2) is 22.7 Å². The number of hydrogen-bond acceptors (Lipinski definition) is 4. The van der Waals surface area contributed by atoms with Crippen molar-refractivity contribution in [3.8, 4) is 0 Å². The molecule has 0 bridgehead atoms. The van der Waals surface area contributed by atoms with E-state index in [9.17, 15) is 10.1 Å². The molecule has 1 heterocycles. The van der Waals surface area contributed by atoms with Gasteiger partial charge in [0, 0.05) is 34.9 Å². The van der Waals surface area contributed by atoms with Crippen molar-refractivity contribution in [1.29, 1.82) is 0 Å². The van der Waals surface area contributed by atoms with Crippen molar-refractivity contribution in [1.82, 2.24) is 4.90 Å². The van der Waals surface area contributed by atoms with Crippen LogP contribution in [-0.2, 0) is 0 Å². The largest absolute Gasteiger partial charge is 0.380 e. The van der Waals surface area contributed by atoms with Crippen LogP contribution in [0.5, 0.6) is 0 Å². The highest BCUT2D eigenvalue weighted by Crippen LogP contribution is 2.28. The van der Waals surface area contributed by atoms with Gasteiger partial charge >= 0.3 is 0 Å². The van der Waals surface area contributed by atoms with Crippen molar-refractivity contribution < 1.29 is 4.92 Å². The van der Waals surface area contributed by atoms with Crippen LogP contribution in [0.2, 0.25) is 0 Å². The molecule has 1 aliphatic heterocycles. The van der Waals surface area contributed by atoms with Gasteiger partial charge in [0.25, 0.3) is 5.69 Å². The molecule has 2 rings (SSSR count). The zero-order valence-corrected chi connectivity index (χ0v) is 12.5. The van der Waals surface area contributed by atoms with E-state index in [0.717, 1.165) is 36.2 Å². The van der Waals surface area contributed by atoms with Gasteiger partial charge in [0.2, 0.25) is 0 Å². The van der Waals surface area contributed by atoms with E-state index >= 15 is 0 Å². The summed E-state index contributed by atoms with van der Waals surface area (Å²) in [6.07, 6.45) is 2.33. The molecule has 104 valence electrons. The first kappa shape index (κ1) is 14.3. The van der Waals surface area contributed by atoms with Gasteiger partial charge in [-0.2, -0.15) is 0 Å². The average molecular weight is 328 g/mol. The van der Waals surface area contributed by atoms with E-state index in [2.05, 4.69) is 33.1 Å². The molecule has 1 unspecified atom stereocenters. The molecule has 0 amide bonds. The normalized spacial score (nSPS) is 20.2. The Kier molecular flexibility index (Phi) is 4.76. The number of nitrogens with zero attached hydrogens (tertiary/aromatic N) is 2. The SMILES string of the molecule is CCN1CCCC(Nc2ccc([N+](=O)[O-])cc2Br)C1. The highest BCUT2D eigenvalue weighted by atomic mass is 79.9. The highest BCUT2D eigenvalue weighted by molar-refractivity contribution is 9.10. The number of nitro benzene ring substituents is 1. The summed E-state index contributed by atoms with van der Waals surface area (Å²) >= 11 is 3.39. The van der Waals surface area contributed by atoms with Crippen molar-refractivity contribution in [3.63, 3.8) is 0 Å². The minimum atomic E-state index is -0.381. The third-order valence-electron chi connectivity index (χ3n) is 3.48. The van der Waals surface area contributed by atoms with Gasteiger partial charge in [-0.25, -0.2) is 0 Å². The first-order valence-corrected chi connectivity index (χ1v) is 7.32. The van der Waals surface area contributed by atoms with Crippen LogP contribution < -0.4 is 5.32 Å². The number of nitrogens with one attached hydrogen (secondary N) is 1. The van der Waals surface area contributed by atoms with Gasteiger partial charge in [-0.15, -0.1) is 0 Å². The summed E-state index contributed by atoms with van der Waals surface area (Å²) in [6.45, 7) is 5.43. The number of piperidine rings is 1. The first-order chi connectivity index (χ1) is 9.10. The van der Waals surface area contributed by atoms with E-state index in [1.54, 1.807) is 12.1 Å². The average Bonchev–Trinajstić information content (AvgIpc) is 2.41. The van der Waals surface area contributed by atoms with Crippen molar-refractivity contribution in [2.45, 2.75) is 25.8 Å². The molecule has 1 aromatic carbocycles. The van der Waals surface area contributed by atoms with Gasteiger partial charge < -0.3 is 10.2 Å². The topological polar surface area (TPSA) is 58.4 Å². The number of likely N-dealkylation sites (tertiary alicyclic amines) is 1. The zero-order valence-electron chi connectivity index (χ0n) is 10.9. The molecule has 0 radical (unpaired) electrons. The predicted octanol–water partition coefficient (Wildman–Crippen LogP) is 3.25. The third-order valence-corrected chi connectivity index (χ3v) is 4.13. The smallest absolute Gasteiger partial charge is 0.270 e. The van der Waals surface area contributed by atoms with Crippen molar-refractivity contribution in [2.24, 2.45) is 0 Å². The molecular formula is C13H18BrN3O2. The fourth-order valence-electron chi connectivity index (χ4n) is 2.42. The van der Waals surface area contributed by atoms with Crippen LogP contribution >= 0.6 is 15.9 Å². The summed E-state index contributed by atoms with van der Waals surface area (Å²) in [4.78, 5) is 12.7. The fraction of sp³-hybridized carbons (Fsp3) is 0.538. The number of rotatable bonds is 4. The number of likely N-dealkylation sites (N-methyl/N-ethyl adjacent to an activating group) is 1. The maximum absolute atomic E-state index is 10.7. The molecule has 0 aliphatic carbocycles. The summed E-state index contributed by atoms with van der Waals surface area (Å²) in [6, 6.07) is 5.26. The number of benzene rings is 1. The maximum atomic E-state index is 10.7. The Morgan fingerprint density at radius 3 is 3.00 bits per heavy atom. The molecule has 1 fully saturated rings. The van der Waals surface area contributed by atoms with E-state index in [4.69, 9.17) is 0 Å². The zero-order chi connectivity index (χ0) is 13.8. The second-order valence-corrected chi connectivity index (χ2v) is 5.65. The minimum absolute atomic E-state index is 0.108. The summed E-state index contributed by atoms with van der Waals surface area (Å²) in [5, 5.41) is 14.2. The lowest BCUT2D eigenvalue weighted by atomic mass is 10.1. The Morgan fingerprint density at radius 1 is 1.58 bits per heavy atom. The first-order valence-electron chi connectivity index (χ1n) is 6.53. The molecule has 0 spiro atoms. The molecule has 1 aromatic rings. The van der Waals surface area contributed by atoms with Gasteiger partial charge in [-0.05, 0) is 47.9 Å². The summed E-state index contributed by atoms with van der Waals surface area (Å²) in [7, 11) is 0. The summed E-state index contributed by atoms with van der Waals surface area (Å²) < 4.78 is 0.746. The summed E-state index contributed by atoms with van der Waals surface area (Å²) in [5.41, 5.74) is 1.03. The van der Waals surface area contributed by atoms with Crippen molar-refractivity contribution in [3.05, 3.63) is 32.8 Å². The van der Waals surface area contributed by atoms with Crippen molar-refractivity contribution in [2.75, 3.05) is 25.0 Å². The van der Waals surface area contributed by atoms with Gasteiger partial charge in [-0.3, -0.25) is 10.1 Å². The Balaban J connectivity index is 2.04. The molecule has 6 heteroatoms. The maximum Gasteiger partial charge on any atom is 0.270 e. The third kappa shape index (κ3) is 3.67. The minimum Gasteiger partial charge on any atom is -0.380 e. The second kappa shape index (κ2) is 6.34. The molecule has 5 nitrogen and oxygen atoms in total. The molecule has 1 N–H and O–H groups in total. The number of anilines is 1. The highest BCUT2D eigenvalue weighted by Gasteiger charge is 2.19. The van der Waals surface area contributed by atoms with Crippen LogP contribution in [0.1, 0.15) is 19.8 Å². The van der Waals surface area contributed by atoms with Crippen LogP contribution in [-0.4, -0.2) is 35.5 Å². The molecule has 0 saturated carbocycles.